The van der Waals surface area contributed by atoms with E-state index in [1.165, 1.54) is 0 Å². The Labute approximate surface area is 125 Å². The minimum Gasteiger partial charge on any atom is -0.478 e. The summed E-state index contributed by atoms with van der Waals surface area (Å²) in [6.45, 7) is 9.42. The summed E-state index contributed by atoms with van der Waals surface area (Å²) < 4.78 is 11.7. The summed E-state index contributed by atoms with van der Waals surface area (Å²) in [7, 11) is -1.56. The highest BCUT2D eigenvalue weighted by atomic mass is 28.3. The van der Waals surface area contributed by atoms with Gasteiger partial charge >= 0.3 is 15.3 Å². The number of hydrogen-bond acceptors (Lipinski definition) is 3. The van der Waals surface area contributed by atoms with Crippen molar-refractivity contribution in [1.29, 1.82) is 0 Å². The van der Waals surface area contributed by atoms with Crippen LogP contribution in [0.5, 0.6) is 0 Å². The van der Waals surface area contributed by atoms with Gasteiger partial charge < -0.3 is 14.0 Å². The second-order valence-corrected chi connectivity index (χ2v) is 7.14. The Morgan fingerprint density at radius 3 is 2.05 bits per heavy atom. The van der Waals surface area contributed by atoms with E-state index >= 15 is 0 Å². The first-order valence-corrected chi connectivity index (χ1v) is 9.52. The number of hydrogen-bond donors (Lipinski definition) is 1. The molecule has 0 amide bonds. The Morgan fingerprint density at radius 1 is 1.05 bits per heavy atom. The standard InChI is InChI=1S/C15H30O4Si/c1-4-6-11-18-20(19-12-7-5-2)13-9-8-10-14(3)15(16)17/h20H,3-13H2,1-2H3,(H,16,17). The molecule has 0 atom stereocenters. The minimum atomic E-state index is -1.56. The van der Waals surface area contributed by atoms with E-state index in [2.05, 4.69) is 20.4 Å². The van der Waals surface area contributed by atoms with E-state index in [-0.39, 0.29) is 0 Å². The van der Waals surface area contributed by atoms with Crippen LogP contribution in [-0.2, 0) is 13.6 Å². The van der Waals surface area contributed by atoms with Crippen LogP contribution < -0.4 is 0 Å². The smallest absolute Gasteiger partial charge is 0.330 e. The second-order valence-electron chi connectivity index (χ2n) is 5.03. The van der Waals surface area contributed by atoms with Gasteiger partial charge in [-0.3, -0.25) is 0 Å². The molecule has 0 rings (SSSR count). The van der Waals surface area contributed by atoms with E-state index in [0.29, 0.717) is 12.0 Å². The van der Waals surface area contributed by atoms with E-state index in [1.54, 1.807) is 0 Å². The molecule has 0 bridgehead atoms. The van der Waals surface area contributed by atoms with E-state index in [1.807, 2.05) is 0 Å². The van der Waals surface area contributed by atoms with Crippen LogP contribution in [-0.4, -0.2) is 33.6 Å². The van der Waals surface area contributed by atoms with Gasteiger partial charge in [-0.2, -0.15) is 0 Å². The van der Waals surface area contributed by atoms with Crippen molar-refractivity contribution in [3.05, 3.63) is 12.2 Å². The van der Waals surface area contributed by atoms with Crippen LogP contribution >= 0.6 is 0 Å². The average Bonchev–Trinajstić information content (AvgIpc) is 2.42. The van der Waals surface area contributed by atoms with Gasteiger partial charge in [-0.15, -0.1) is 0 Å². The van der Waals surface area contributed by atoms with Gasteiger partial charge in [0.15, 0.2) is 0 Å². The predicted octanol–water partition coefficient (Wildman–Crippen LogP) is 3.65. The summed E-state index contributed by atoms with van der Waals surface area (Å²) in [5.41, 5.74) is 0.294. The van der Waals surface area contributed by atoms with Crippen LogP contribution in [0.1, 0.15) is 58.8 Å². The summed E-state index contributed by atoms with van der Waals surface area (Å²) in [4.78, 5) is 10.6. The Balaban J connectivity index is 3.82. The fourth-order valence-electron chi connectivity index (χ4n) is 1.69. The SMILES string of the molecule is C=C(CCCC[SiH](OCCCC)OCCCC)C(=O)O. The van der Waals surface area contributed by atoms with Crippen LogP contribution in [0.15, 0.2) is 12.2 Å². The number of carboxylic acids is 1. The molecule has 0 aromatic heterocycles. The summed E-state index contributed by atoms with van der Waals surface area (Å²) in [6.07, 6.45) is 6.79. The van der Waals surface area contributed by atoms with Gasteiger partial charge in [-0.05, 0) is 31.7 Å². The zero-order chi connectivity index (χ0) is 15.2. The zero-order valence-electron chi connectivity index (χ0n) is 13.0. The van der Waals surface area contributed by atoms with Crippen molar-refractivity contribution in [3.63, 3.8) is 0 Å². The van der Waals surface area contributed by atoms with Crippen molar-refractivity contribution < 1.29 is 18.8 Å². The summed E-state index contributed by atoms with van der Waals surface area (Å²) in [5, 5.41) is 8.74. The van der Waals surface area contributed by atoms with E-state index < -0.39 is 15.3 Å². The molecule has 20 heavy (non-hydrogen) atoms. The number of aliphatic carboxylic acids is 1. The lowest BCUT2D eigenvalue weighted by molar-refractivity contribution is -0.132. The topological polar surface area (TPSA) is 55.8 Å². The van der Waals surface area contributed by atoms with Crippen molar-refractivity contribution in [2.24, 2.45) is 0 Å². The maximum absolute atomic E-state index is 10.6. The van der Waals surface area contributed by atoms with Crippen molar-refractivity contribution >= 4 is 15.3 Å². The lowest BCUT2D eigenvalue weighted by Gasteiger charge is -2.16. The van der Waals surface area contributed by atoms with Gasteiger partial charge in [-0.25, -0.2) is 4.79 Å². The molecule has 0 spiro atoms. The molecule has 0 fully saturated rings. The molecule has 0 saturated carbocycles. The first kappa shape index (κ1) is 19.3. The predicted molar refractivity (Wildman–Crippen MR) is 84.3 cm³/mol. The second kappa shape index (κ2) is 13.3. The Bertz CT molecular complexity index is 259. The molecule has 0 aromatic rings. The largest absolute Gasteiger partial charge is 0.478 e. The van der Waals surface area contributed by atoms with Crippen LogP contribution in [0.25, 0.3) is 0 Å². The molecule has 0 aliphatic rings. The zero-order valence-corrected chi connectivity index (χ0v) is 14.2. The maximum atomic E-state index is 10.6. The summed E-state index contributed by atoms with van der Waals surface area (Å²) in [5.74, 6) is -0.891. The summed E-state index contributed by atoms with van der Waals surface area (Å²) >= 11 is 0. The summed E-state index contributed by atoms with van der Waals surface area (Å²) in [6, 6.07) is 0.959. The highest BCUT2D eigenvalue weighted by Gasteiger charge is 2.13. The first-order valence-electron chi connectivity index (χ1n) is 7.76. The van der Waals surface area contributed by atoms with Gasteiger partial charge in [0.1, 0.15) is 0 Å². The van der Waals surface area contributed by atoms with Crippen LogP contribution in [0.4, 0.5) is 0 Å². The molecule has 5 heteroatoms. The third-order valence-corrected chi connectivity index (χ3v) is 5.17. The third-order valence-electron chi connectivity index (χ3n) is 3.07. The number of rotatable bonds is 14. The van der Waals surface area contributed by atoms with E-state index in [4.69, 9.17) is 14.0 Å². The number of carbonyl (C=O) groups is 1. The molecular weight excluding hydrogens is 272 g/mol. The third kappa shape index (κ3) is 11.2. The maximum Gasteiger partial charge on any atom is 0.330 e. The number of unbranched alkanes of at least 4 members (excludes halogenated alkanes) is 3. The van der Waals surface area contributed by atoms with Gasteiger partial charge in [0, 0.05) is 18.8 Å². The van der Waals surface area contributed by atoms with E-state index in [0.717, 1.165) is 57.8 Å². The fourth-order valence-corrected chi connectivity index (χ4v) is 3.60. The average molecular weight is 302 g/mol. The van der Waals surface area contributed by atoms with Gasteiger partial charge in [0.2, 0.25) is 0 Å². The van der Waals surface area contributed by atoms with Gasteiger partial charge in [-0.1, -0.05) is 39.7 Å². The highest BCUT2D eigenvalue weighted by Crippen LogP contribution is 2.11. The first-order chi connectivity index (χ1) is 9.61. The lowest BCUT2D eigenvalue weighted by Crippen LogP contribution is -2.24. The lowest BCUT2D eigenvalue weighted by atomic mass is 10.1. The van der Waals surface area contributed by atoms with Crippen molar-refractivity contribution in [2.45, 2.75) is 64.8 Å². The van der Waals surface area contributed by atoms with Gasteiger partial charge in [0.25, 0.3) is 0 Å². The Hall–Kier alpha value is -0.653. The Kier molecular flexibility index (Phi) is 12.9. The molecule has 1 N–H and O–H groups in total. The van der Waals surface area contributed by atoms with Crippen LogP contribution in [0, 0.1) is 0 Å². The highest BCUT2D eigenvalue weighted by molar-refractivity contribution is 6.44. The molecule has 118 valence electrons. The molecule has 4 nitrogen and oxygen atoms in total. The van der Waals surface area contributed by atoms with Crippen molar-refractivity contribution in [2.75, 3.05) is 13.2 Å². The molecule has 0 aliphatic carbocycles. The van der Waals surface area contributed by atoms with Crippen molar-refractivity contribution in [3.8, 4) is 0 Å². The molecule has 0 unspecified atom stereocenters. The van der Waals surface area contributed by atoms with Crippen molar-refractivity contribution in [1.82, 2.24) is 0 Å². The molecule has 0 radical (unpaired) electrons. The molecule has 0 aliphatic heterocycles. The molecular formula is C15H30O4Si. The molecule has 0 heterocycles. The minimum absolute atomic E-state index is 0.294. The molecule has 0 saturated heterocycles. The monoisotopic (exact) mass is 302 g/mol. The van der Waals surface area contributed by atoms with Gasteiger partial charge in [0.05, 0.1) is 0 Å². The van der Waals surface area contributed by atoms with E-state index in [9.17, 15) is 4.79 Å². The number of carboxylic acid groups (broad SMARTS) is 1. The normalized spacial score (nSPS) is 10.9. The Morgan fingerprint density at radius 2 is 1.60 bits per heavy atom. The van der Waals surface area contributed by atoms with Crippen LogP contribution in [0.2, 0.25) is 6.04 Å². The fraction of sp³-hybridized carbons (Fsp3) is 0.800. The van der Waals surface area contributed by atoms with Crippen LogP contribution in [0.3, 0.4) is 0 Å². The quantitative estimate of drug-likeness (QED) is 0.302. The molecule has 0 aromatic carbocycles.